The number of aromatic nitrogens is 1. The molecule has 0 aromatic carbocycles. The summed E-state index contributed by atoms with van der Waals surface area (Å²) in [5.74, 6) is -0.422. The van der Waals surface area contributed by atoms with E-state index in [1.165, 1.54) is 12.0 Å². The molecule has 1 fully saturated rings. The summed E-state index contributed by atoms with van der Waals surface area (Å²) in [5, 5.41) is 0. The highest BCUT2D eigenvalue weighted by atomic mass is 16.6. The molecule has 1 saturated heterocycles. The summed E-state index contributed by atoms with van der Waals surface area (Å²) in [4.78, 5) is 30.5. The number of pyridine rings is 1. The summed E-state index contributed by atoms with van der Waals surface area (Å²) in [6, 6.07) is -0.915. The second-order valence-corrected chi connectivity index (χ2v) is 6.33. The fourth-order valence-electron chi connectivity index (χ4n) is 4.05. The van der Waals surface area contributed by atoms with Crippen molar-refractivity contribution < 1.29 is 23.8 Å². The molecule has 3 aliphatic heterocycles. The van der Waals surface area contributed by atoms with Crippen molar-refractivity contribution in [2.75, 3.05) is 13.7 Å². The summed E-state index contributed by atoms with van der Waals surface area (Å²) >= 11 is 0. The van der Waals surface area contributed by atoms with E-state index in [0.717, 1.165) is 16.7 Å². The van der Waals surface area contributed by atoms with E-state index in [1.807, 2.05) is 18.3 Å². The monoisotopic (exact) mass is 344 g/mol. The summed E-state index contributed by atoms with van der Waals surface area (Å²) in [7, 11) is 1.33. The summed E-state index contributed by atoms with van der Waals surface area (Å²) in [5.41, 5.74) is 3.02. The highest BCUT2D eigenvalue weighted by Gasteiger charge is 2.46. The van der Waals surface area contributed by atoms with Gasteiger partial charge in [0.1, 0.15) is 18.2 Å². The van der Waals surface area contributed by atoms with Crippen LogP contribution in [0.5, 0.6) is 0 Å². The van der Waals surface area contributed by atoms with E-state index in [-0.39, 0.29) is 24.9 Å². The van der Waals surface area contributed by atoms with Crippen LogP contribution in [-0.2, 0) is 19.0 Å². The van der Waals surface area contributed by atoms with Gasteiger partial charge in [0.2, 0.25) is 0 Å². The van der Waals surface area contributed by atoms with Crippen molar-refractivity contribution >= 4 is 12.1 Å². The van der Waals surface area contributed by atoms with Crippen LogP contribution in [0.1, 0.15) is 54.7 Å². The molecule has 25 heavy (non-hydrogen) atoms. The van der Waals surface area contributed by atoms with E-state index in [9.17, 15) is 9.59 Å². The third-order valence-corrected chi connectivity index (χ3v) is 5.09. The second-order valence-electron chi connectivity index (χ2n) is 6.33. The Bertz CT molecular complexity index is 747. The van der Waals surface area contributed by atoms with Crippen LogP contribution in [0.25, 0.3) is 0 Å². The van der Waals surface area contributed by atoms with Crippen molar-refractivity contribution in [3.63, 3.8) is 0 Å². The lowest BCUT2D eigenvalue weighted by Crippen LogP contribution is -2.43. The van der Waals surface area contributed by atoms with Crippen LogP contribution in [0.15, 0.2) is 24.5 Å². The van der Waals surface area contributed by atoms with Crippen LogP contribution in [0.3, 0.4) is 0 Å². The minimum atomic E-state index is -0.639. The molecular weight excluding hydrogens is 324 g/mol. The van der Waals surface area contributed by atoms with Gasteiger partial charge in [-0.2, -0.15) is 0 Å². The van der Waals surface area contributed by atoms with Gasteiger partial charge in [0.05, 0.1) is 19.8 Å². The molecule has 0 radical (unpaired) electrons. The first-order valence-electron chi connectivity index (χ1n) is 8.50. The molecule has 132 valence electrons. The number of hydrogen-bond acceptors (Lipinski definition) is 6. The van der Waals surface area contributed by atoms with Crippen molar-refractivity contribution in [2.24, 2.45) is 0 Å². The number of likely N-dealkylation sites (tertiary alicyclic amines) is 1. The number of fused-ring (bicyclic) bond motifs is 5. The number of rotatable bonds is 3. The Hall–Kier alpha value is -2.41. The van der Waals surface area contributed by atoms with E-state index in [4.69, 9.17) is 14.2 Å². The maximum absolute atomic E-state index is 12.6. The van der Waals surface area contributed by atoms with Gasteiger partial charge >= 0.3 is 12.1 Å². The molecule has 3 aliphatic rings. The lowest BCUT2D eigenvalue weighted by molar-refractivity contribution is -0.145. The molecule has 2 bridgehead atoms. The van der Waals surface area contributed by atoms with Gasteiger partial charge in [-0.15, -0.1) is 0 Å². The van der Waals surface area contributed by atoms with Gasteiger partial charge in [-0.3, -0.25) is 9.88 Å². The molecular formula is C18H20N2O5. The normalized spacial score (nSPS) is 29.0. The zero-order valence-electron chi connectivity index (χ0n) is 14.2. The van der Waals surface area contributed by atoms with Crippen molar-refractivity contribution in [1.29, 1.82) is 0 Å². The standard InChI is InChI=1S/C18H20N2O5/c1-3-24-18(22)20-12(4-5-13(20)17(21)23-2)10-8-19-9-11-14-6-7-15(25-14)16(10)11/h6-9,12-15H,3-5H2,1-2H3/t12-,13+,14-,15+/m0/s1. The molecule has 4 atom stereocenters. The van der Waals surface area contributed by atoms with Gasteiger partial charge in [-0.1, -0.05) is 12.2 Å². The third-order valence-electron chi connectivity index (χ3n) is 5.09. The lowest BCUT2D eigenvalue weighted by Gasteiger charge is -2.29. The minimum Gasteiger partial charge on any atom is -0.467 e. The Balaban J connectivity index is 1.73. The Morgan fingerprint density at radius 1 is 1.24 bits per heavy atom. The van der Waals surface area contributed by atoms with Crippen LogP contribution in [-0.4, -0.2) is 41.7 Å². The largest absolute Gasteiger partial charge is 0.467 e. The number of ether oxygens (including phenoxy) is 3. The van der Waals surface area contributed by atoms with Crippen LogP contribution in [0, 0.1) is 0 Å². The third kappa shape index (κ3) is 2.41. The Labute approximate surface area is 145 Å². The summed E-state index contributed by atoms with van der Waals surface area (Å²) in [6.07, 6.45) is 8.13. The molecule has 0 saturated carbocycles. The average molecular weight is 344 g/mol. The van der Waals surface area contributed by atoms with Crippen LogP contribution in [0.2, 0.25) is 0 Å². The molecule has 0 unspecified atom stereocenters. The smallest absolute Gasteiger partial charge is 0.411 e. The topological polar surface area (TPSA) is 78.0 Å². The van der Waals surface area contributed by atoms with Gasteiger partial charge in [-0.25, -0.2) is 9.59 Å². The quantitative estimate of drug-likeness (QED) is 0.619. The maximum atomic E-state index is 12.6. The van der Waals surface area contributed by atoms with Crippen molar-refractivity contribution in [2.45, 2.75) is 44.1 Å². The van der Waals surface area contributed by atoms with Crippen LogP contribution >= 0.6 is 0 Å². The molecule has 0 aliphatic carbocycles. The van der Waals surface area contributed by atoms with E-state index in [1.54, 1.807) is 13.1 Å². The molecule has 1 aromatic rings. The van der Waals surface area contributed by atoms with Gasteiger partial charge in [0, 0.05) is 18.0 Å². The van der Waals surface area contributed by atoms with Crippen molar-refractivity contribution in [3.05, 3.63) is 41.2 Å². The molecule has 0 N–H and O–H groups in total. The zero-order chi connectivity index (χ0) is 17.6. The number of esters is 1. The lowest BCUT2D eigenvalue weighted by atomic mass is 9.91. The average Bonchev–Trinajstić information content (AvgIpc) is 3.35. The molecule has 0 spiro atoms. The number of carbonyl (C=O) groups excluding carboxylic acids is 2. The maximum Gasteiger partial charge on any atom is 0.411 e. The Morgan fingerprint density at radius 3 is 2.76 bits per heavy atom. The Morgan fingerprint density at radius 2 is 2.00 bits per heavy atom. The first-order chi connectivity index (χ1) is 12.2. The van der Waals surface area contributed by atoms with Gasteiger partial charge < -0.3 is 14.2 Å². The number of nitrogens with zero attached hydrogens (tertiary/aromatic N) is 2. The van der Waals surface area contributed by atoms with Gasteiger partial charge in [0.25, 0.3) is 0 Å². The minimum absolute atomic E-state index is 0.0682. The fourth-order valence-corrected chi connectivity index (χ4v) is 4.05. The highest BCUT2D eigenvalue weighted by Crippen LogP contribution is 2.50. The predicted molar refractivity (Wildman–Crippen MR) is 86.6 cm³/mol. The van der Waals surface area contributed by atoms with E-state index < -0.39 is 18.1 Å². The first kappa shape index (κ1) is 16.1. The Kier molecular flexibility index (Phi) is 3.95. The fraction of sp³-hybridized carbons (Fsp3) is 0.500. The van der Waals surface area contributed by atoms with E-state index >= 15 is 0 Å². The molecule has 1 aromatic heterocycles. The van der Waals surface area contributed by atoms with Crippen LogP contribution < -0.4 is 0 Å². The number of methoxy groups -OCH3 is 1. The van der Waals surface area contributed by atoms with Gasteiger partial charge in [0.15, 0.2) is 0 Å². The summed E-state index contributed by atoms with van der Waals surface area (Å²) < 4.78 is 16.0. The van der Waals surface area contributed by atoms with Gasteiger partial charge in [-0.05, 0) is 30.9 Å². The molecule has 4 rings (SSSR count). The van der Waals surface area contributed by atoms with Crippen molar-refractivity contribution in [3.8, 4) is 0 Å². The molecule has 7 nitrogen and oxygen atoms in total. The van der Waals surface area contributed by atoms with E-state index in [0.29, 0.717) is 12.8 Å². The zero-order valence-corrected chi connectivity index (χ0v) is 14.2. The predicted octanol–water partition coefficient (Wildman–Crippen LogP) is 2.60. The molecule has 4 heterocycles. The molecule has 1 amide bonds. The number of carbonyl (C=O) groups is 2. The highest BCUT2D eigenvalue weighted by molar-refractivity contribution is 5.82. The SMILES string of the molecule is CCOC(=O)N1[C@@H](C(=O)OC)CC[C@H]1c1cncc2c1[C@H]1C=C[C@@H]2O1. The second kappa shape index (κ2) is 6.15. The van der Waals surface area contributed by atoms with E-state index in [2.05, 4.69) is 4.98 Å². The summed E-state index contributed by atoms with van der Waals surface area (Å²) in [6.45, 7) is 1.99. The van der Waals surface area contributed by atoms with Crippen molar-refractivity contribution in [1.82, 2.24) is 9.88 Å². The van der Waals surface area contributed by atoms with Crippen LogP contribution in [0.4, 0.5) is 4.79 Å². The molecule has 7 heteroatoms. The number of hydrogen-bond donors (Lipinski definition) is 0. The number of amides is 1. The first-order valence-corrected chi connectivity index (χ1v) is 8.50.